The van der Waals surface area contributed by atoms with Crippen molar-refractivity contribution in [1.29, 1.82) is 0 Å². The molecule has 0 aliphatic heterocycles. The first kappa shape index (κ1) is 10.9. The average Bonchev–Trinajstić information content (AvgIpc) is 3.21. The monoisotopic (exact) mass is 228 g/mol. The van der Waals surface area contributed by atoms with E-state index in [0.29, 0.717) is 0 Å². The number of benzene rings is 1. The Morgan fingerprint density at radius 1 is 1.24 bits per heavy atom. The van der Waals surface area contributed by atoms with Crippen molar-refractivity contribution in [2.75, 3.05) is 7.11 Å². The Morgan fingerprint density at radius 2 is 2.06 bits per heavy atom. The van der Waals surface area contributed by atoms with Gasteiger partial charge >= 0.3 is 0 Å². The molecule has 2 aliphatic rings. The number of fused-ring (bicyclic) bond motifs is 1. The van der Waals surface area contributed by atoms with E-state index >= 15 is 0 Å². The molecule has 1 fully saturated rings. The second-order valence-electron chi connectivity index (χ2n) is 5.29. The van der Waals surface area contributed by atoms with Crippen LogP contribution in [0.1, 0.15) is 43.7 Å². The molecule has 2 aliphatic carbocycles. The van der Waals surface area contributed by atoms with Crippen LogP contribution >= 0.6 is 0 Å². The second kappa shape index (κ2) is 4.21. The van der Waals surface area contributed by atoms with Crippen LogP contribution in [-0.4, -0.2) is 7.11 Å². The molecule has 1 atom stereocenters. The van der Waals surface area contributed by atoms with Gasteiger partial charge in [0.05, 0.1) is 7.11 Å². The fourth-order valence-corrected chi connectivity index (χ4v) is 2.91. The molecule has 1 saturated carbocycles. The van der Waals surface area contributed by atoms with E-state index in [2.05, 4.69) is 25.1 Å². The third-order valence-electron chi connectivity index (χ3n) is 4.15. The van der Waals surface area contributed by atoms with Crippen molar-refractivity contribution < 1.29 is 4.74 Å². The van der Waals surface area contributed by atoms with Crippen LogP contribution in [0.4, 0.5) is 0 Å². The van der Waals surface area contributed by atoms with Crippen LogP contribution in [-0.2, 0) is 6.42 Å². The first-order chi connectivity index (χ1) is 8.31. The number of methoxy groups -OCH3 is 1. The lowest BCUT2D eigenvalue weighted by Crippen LogP contribution is -2.13. The number of hydrogen-bond acceptors (Lipinski definition) is 1. The van der Waals surface area contributed by atoms with E-state index in [1.54, 1.807) is 18.3 Å². The molecular formula is C16H20O. The van der Waals surface area contributed by atoms with E-state index in [4.69, 9.17) is 4.74 Å². The maximum atomic E-state index is 5.36. The SMILES string of the molecule is CCC1CC(=C2CC2)c2cc(OC)ccc2C1. The Bertz CT molecular complexity index is 464. The van der Waals surface area contributed by atoms with Gasteiger partial charge in [-0.15, -0.1) is 0 Å². The molecule has 0 aromatic heterocycles. The molecule has 90 valence electrons. The van der Waals surface area contributed by atoms with Crippen molar-refractivity contribution in [3.8, 4) is 5.75 Å². The molecule has 0 saturated heterocycles. The van der Waals surface area contributed by atoms with Crippen LogP contribution in [0.15, 0.2) is 23.8 Å². The summed E-state index contributed by atoms with van der Waals surface area (Å²) in [7, 11) is 1.75. The normalized spacial score (nSPS) is 22.4. The molecular weight excluding hydrogens is 208 g/mol. The predicted octanol–water partition coefficient (Wildman–Crippen LogP) is 4.22. The summed E-state index contributed by atoms with van der Waals surface area (Å²) in [5, 5.41) is 0. The maximum absolute atomic E-state index is 5.36. The minimum Gasteiger partial charge on any atom is -0.497 e. The van der Waals surface area contributed by atoms with Crippen LogP contribution in [0.3, 0.4) is 0 Å². The fraction of sp³-hybridized carbons (Fsp3) is 0.500. The quantitative estimate of drug-likeness (QED) is 0.736. The van der Waals surface area contributed by atoms with Crippen molar-refractivity contribution in [3.05, 3.63) is 34.9 Å². The minimum atomic E-state index is 0.846. The predicted molar refractivity (Wildman–Crippen MR) is 71.3 cm³/mol. The molecule has 3 rings (SSSR count). The maximum Gasteiger partial charge on any atom is 0.119 e. The Morgan fingerprint density at radius 3 is 2.71 bits per heavy atom. The van der Waals surface area contributed by atoms with Crippen LogP contribution in [0.5, 0.6) is 5.75 Å². The summed E-state index contributed by atoms with van der Waals surface area (Å²) < 4.78 is 5.36. The molecule has 0 bridgehead atoms. The van der Waals surface area contributed by atoms with Crippen LogP contribution in [0, 0.1) is 5.92 Å². The fourth-order valence-electron chi connectivity index (χ4n) is 2.91. The van der Waals surface area contributed by atoms with Crippen LogP contribution in [0.2, 0.25) is 0 Å². The number of ether oxygens (including phenoxy) is 1. The van der Waals surface area contributed by atoms with Gasteiger partial charge in [0.25, 0.3) is 0 Å². The molecule has 1 nitrogen and oxygen atoms in total. The number of hydrogen-bond donors (Lipinski definition) is 0. The summed E-state index contributed by atoms with van der Waals surface area (Å²) in [4.78, 5) is 0. The Kier molecular flexibility index (Phi) is 2.70. The molecule has 0 radical (unpaired) electrons. The average molecular weight is 228 g/mol. The van der Waals surface area contributed by atoms with Crippen LogP contribution < -0.4 is 4.74 Å². The summed E-state index contributed by atoms with van der Waals surface area (Å²) in [6.45, 7) is 2.31. The highest BCUT2D eigenvalue weighted by Crippen LogP contribution is 2.45. The molecule has 1 aromatic carbocycles. The van der Waals surface area contributed by atoms with Crippen molar-refractivity contribution in [3.63, 3.8) is 0 Å². The van der Waals surface area contributed by atoms with Crippen molar-refractivity contribution in [2.45, 2.75) is 39.0 Å². The number of rotatable bonds is 2. The van der Waals surface area contributed by atoms with Crippen LogP contribution in [0.25, 0.3) is 5.57 Å². The van der Waals surface area contributed by atoms with Gasteiger partial charge in [-0.2, -0.15) is 0 Å². The standard InChI is InChI=1S/C16H20O/c1-3-11-8-13-6-7-14(17-2)10-16(13)15(9-11)12-4-5-12/h6-7,10-11H,3-5,8-9H2,1-2H3. The molecule has 0 N–H and O–H groups in total. The molecule has 0 amide bonds. The van der Waals surface area contributed by atoms with Gasteiger partial charge in [0.2, 0.25) is 0 Å². The highest BCUT2D eigenvalue weighted by molar-refractivity contribution is 5.76. The van der Waals surface area contributed by atoms with E-state index < -0.39 is 0 Å². The summed E-state index contributed by atoms with van der Waals surface area (Å²) >= 11 is 0. The topological polar surface area (TPSA) is 9.23 Å². The summed E-state index contributed by atoms with van der Waals surface area (Å²) in [5.74, 6) is 1.84. The first-order valence-corrected chi connectivity index (χ1v) is 6.70. The zero-order valence-electron chi connectivity index (χ0n) is 10.8. The first-order valence-electron chi connectivity index (χ1n) is 6.70. The summed E-state index contributed by atoms with van der Waals surface area (Å²) in [6.07, 6.45) is 6.46. The smallest absolute Gasteiger partial charge is 0.119 e. The third kappa shape index (κ3) is 1.99. The molecule has 0 heterocycles. The van der Waals surface area contributed by atoms with Gasteiger partial charge in [-0.1, -0.05) is 25.0 Å². The lowest BCUT2D eigenvalue weighted by molar-refractivity contribution is 0.413. The minimum absolute atomic E-state index is 0.846. The van der Waals surface area contributed by atoms with Gasteiger partial charge in [-0.25, -0.2) is 0 Å². The van der Waals surface area contributed by atoms with E-state index in [1.807, 2.05) is 0 Å². The second-order valence-corrected chi connectivity index (χ2v) is 5.29. The largest absolute Gasteiger partial charge is 0.497 e. The highest BCUT2D eigenvalue weighted by atomic mass is 16.5. The van der Waals surface area contributed by atoms with Crippen molar-refractivity contribution in [2.24, 2.45) is 5.92 Å². The molecule has 17 heavy (non-hydrogen) atoms. The zero-order valence-corrected chi connectivity index (χ0v) is 10.8. The van der Waals surface area contributed by atoms with E-state index in [1.165, 1.54) is 43.2 Å². The number of allylic oxidation sites excluding steroid dienone is 2. The van der Waals surface area contributed by atoms with E-state index in [0.717, 1.165) is 11.7 Å². The van der Waals surface area contributed by atoms with Gasteiger partial charge < -0.3 is 4.74 Å². The van der Waals surface area contributed by atoms with Gasteiger partial charge in [0.1, 0.15) is 5.75 Å². The highest BCUT2D eigenvalue weighted by Gasteiger charge is 2.27. The Labute approximate surface area is 103 Å². The molecule has 1 unspecified atom stereocenters. The van der Waals surface area contributed by atoms with E-state index in [9.17, 15) is 0 Å². The van der Waals surface area contributed by atoms with Gasteiger partial charge in [-0.3, -0.25) is 0 Å². The Balaban J connectivity index is 2.06. The molecule has 1 aromatic rings. The van der Waals surface area contributed by atoms with E-state index in [-0.39, 0.29) is 0 Å². The van der Waals surface area contributed by atoms with Gasteiger partial charge in [0.15, 0.2) is 0 Å². The Hall–Kier alpha value is -1.24. The van der Waals surface area contributed by atoms with Crippen molar-refractivity contribution in [1.82, 2.24) is 0 Å². The van der Waals surface area contributed by atoms with Crippen molar-refractivity contribution >= 4 is 5.57 Å². The zero-order chi connectivity index (χ0) is 11.8. The lowest BCUT2D eigenvalue weighted by atomic mass is 9.79. The molecule has 0 spiro atoms. The third-order valence-corrected chi connectivity index (χ3v) is 4.15. The lowest BCUT2D eigenvalue weighted by Gasteiger charge is -2.26. The summed E-state index contributed by atoms with van der Waals surface area (Å²) in [5.41, 5.74) is 6.33. The summed E-state index contributed by atoms with van der Waals surface area (Å²) in [6, 6.07) is 6.60. The van der Waals surface area contributed by atoms with Gasteiger partial charge in [-0.05, 0) is 60.4 Å². The molecule has 1 heteroatoms. The van der Waals surface area contributed by atoms with Gasteiger partial charge in [0, 0.05) is 0 Å².